The average molecular weight is 212 g/mol. The van der Waals surface area contributed by atoms with E-state index in [4.69, 9.17) is 11.5 Å². The van der Waals surface area contributed by atoms with Crippen molar-refractivity contribution >= 4 is 5.82 Å². The zero-order valence-electron chi connectivity index (χ0n) is 9.15. The van der Waals surface area contributed by atoms with Gasteiger partial charge in [-0.05, 0) is 13.3 Å². The molecule has 0 aliphatic heterocycles. The Bertz CT molecular complexity index is 484. The lowest BCUT2D eigenvalue weighted by Gasteiger charge is -2.12. The number of nitrogens with two attached hydrogens (primary N) is 2. The SMILES string of the molecule is CC(N)Cc1c(N)n(C)c(=O)n(C)c1=O. The molecule has 15 heavy (non-hydrogen) atoms. The molecule has 1 rings (SSSR count). The maximum Gasteiger partial charge on any atom is 0.332 e. The molecule has 0 fully saturated rings. The predicted molar refractivity (Wildman–Crippen MR) is 58.7 cm³/mol. The van der Waals surface area contributed by atoms with Crippen LogP contribution >= 0.6 is 0 Å². The second-order valence-corrected chi connectivity index (χ2v) is 3.75. The first kappa shape index (κ1) is 11.5. The third kappa shape index (κ3) is 1.94. The largest absolute Gasteiger partial charge is 0.385 e. The molecule has 0 saturated heterocycles. The summed E-state index contributed by atoms with van der Waals surface area (Å²) >= 11 is 0. The molecule has 1 heterocycles. The van der Waals surface area contributed by atoms with Crippen molar-refractivity contribution in [2.45, 2.75) is 19.4 Å². The number of hydrogen-bond acceptors (Lipinski definition) is 4. The van der Waals surface area contributed by atoms with Gasteiger partial charge in [0.05, 0.1) is 5.56 Å². The first-order chi connectivity index (χ1) is 6.86. The molecule has 1 aromatic rings. The minimum atomic E-state index is -0.425. The fourth-order valence-electron chi connectivity index (χ4n) is 1.44. The van der Waals surface area contributed by atoms with Crippen LogP contribution in [0.25, 0.3) is 0 Å². The summed E-state index contributed by atoms with van der Waals surface area (Å²) < 4.78 is 2.28. The van der Waals surface area contributed by atoms with Crippen molar-refractivity contribution in [3.63, 3.8) is 0 Å². The van der Waals surface area contributed by atoms with E-state index in [9.17, 15) is 9.59 Å². The molecule has 0 spiro atoms. The van der Waals surface area contributed by atoms with Gasteiger partial charge in [0, 0.05) is 20.1 Å². The number of nitrogens with zero attached hydrogens (tertiary/aromatic N) is 2. The van der Waals surface area contributed by atoms with Crippen molar-refractivity contribution in [3.8, 4) is 0 Å². The third-order valence-electron chi connectivity index (χ3n) is 2.33. The molecule has 0 bridgehead atoms. The fourth-order valence-corrected chi connectivity index (χ4v) is 1.44. The van der Waals surface area contributed by atoms with Crippen LogP contribution in [0.3, 0.4) is 0 Å². The van der Waals surface area contributed by atoms with Crippen LogP contribution in [-0.2, 0) is 20.5 Å². The van der Waals surface area contributed by atoms with Gasteiger partial charge in [-0.1, -0.05) is 0 Å². The summed E-state index contributed by atoms with van der Waals surface area (Å²) in [5.41, 5.74) is 10.9. The van der Waals surface area contributed by atoms with E-state index in [0.29, 0.717) is 12.0 Å². The number of anilines is 1. The van der Waals surface area contributed by atoms with E-state index >= 15 is 0 Å². The quantitative estimate of drug-likeness (QED) is 0.627. The van der Waals surface area contributed by atoms with E-state index in [1.165, 1.54) is 18.7 Å². The van der Waals surface area contributed by atoms with Gasteiger partial charge in [-0.25, -0.2) is 4.79 Å². The minimum absolute atomic E-state index is 0.169. The number of aromatic nitrogens is 2. The van der Waals surface area contributed by atoms with Gasteiger partial charge in [0.25, 0.3) is 5.56 Å². The van der Waals surface area contributed by atoms with Gasteiger partial charge in [0.1, 0.15) is 5.82 Å². The van der Waals surface area contributed by atoms with Gasteiger partial charge in [-0.3, -0.25) is 13.9 Å². The molecule has 4 N–H and O–H groups in total. The molecule has 0 aromatic carbocycles. The molecule has 0 aliphatic carbocycles. The molecule has 0 amide bonds. The first-order valence-corrected chi connectivity index (χ1v) is 4.66. The summed E-state index contributed by atoms with van der Waals surface area (Å²) in [6, 6.07) is -0.169. The molecule has 6 nitrogen and oxygen atoms in total. The van der Waals surface area contributed by atoms with Gasteiger partial charge in [-0.2, -0.15) is 0 Å². The third-order valence-corrected chi connectivity index (χ3v) is 2.33. The van der Waals surface area contributed by atoms with Crippen LogP contribution < -0.4 is 22.7 Å². The van der Waals surface area contributed by atoms with Crippen molar-refractivity contribution in [2.75, 3.05) is 5.73 Å². The Kier molecular flexibility index (Phi) is 2.99. The van der Waals surface area contributed by atoms with Crippen LogP contribution in [0.1, 0.15) is 12.5 Å². The summed E-state index contributed by atoms with van der Waals surface area (Å²) in [5, 5.41) is 0. The van der Waals surface area contributed by atoms with E-state index in [0.717, 1.165) is 4.57 Å². The van der Waals surface area contributed by atoms with E-state index in [1.807, 2.05) is 0 Å². The average Bonchev–Trinajstić information content (AvgIpc) is 2.18. The topological polar surface area (TPSA) is 96.0 Å². The van der Waals surface area contributed by atoms with E-state index in [-0.39, 0.29) is 17.4 Å². The van der Waals surface area contributed by atoms with Crippen molar-refractivity contribution in [3.05, 3.63) is 26.4 Å². The van der Waals surface area contributed by atoms with Crippen molar-refractivity contribution in [1.82, 2.24) is 9.13 Å². The first-order valence-electron chi connectivity index (χ1n) is 4.66. The van der Waals surface area contributed by atoms with Gasteiger partial charge in [0.15, 0.2) is 0 Å². The Hall–Kier alpha value is -1.56. The second kappa shape index (κ2) is 3.90. The fraction of sp³-hybridized carbons (Fsp3) is 0.556. The summed E-state index contributed by atoms with van der Waals surface area (Å²) in [7, 11) is 2.95. The van der Waals surface area contributed by atoms with Gasteiger partial charge in [-0.15, -0.1) is 0 Å². The molecule has 0 radical (unpaired) electrons. The molecule has 0 saturated carbocycles. The lowest BCUT2D eigenvalue weighted by molar-refractivity contribution is 0.654. The smallest absolute Gasteiger partial charge is 0.332 e. The lowest BCUT2D eigenvalue weighted by Crippen LogP contribution is -2.41. The summed E-state index contributed by atoms with van der Waals surface area (Å²) in [6.07, 6.45) is 0.368. The highest BCUT2D eigenvalue weighted by Crippen LogP contribution is 2.04. The molecule has 1 atom stereocenters. The molecular formula is C9H16N4O2. The van der Waals surface area contributed by atoms with Crippen LogP contribution in [0, 0.1) is 0 Å². The maximum absolute atomic E-state index is 11.7. The molecule has 1 unspecified atom stereocenters. The van der Waals surface area contributed by atoms with Gasteiger partial charge < -0.3 is 11.5 Å². The van der Waals surface area contributed by atoms with E-state index in [2.05, 4.69) is 0 Å². The molecule has 1 aromatic heterocycles. The highest BCUT2D eigenvalue weighted by molar-refractivity contribution is 5.38. The lowest BCUT2D eigenvalue weighted by atomic mass is 10.1. The Morgan fingerprint density at radius 2 is 1.80 bits per heavy atom. The second-order valence-electron chi connectivity index (χ2n) is 3.75. The van der Waals surface area contributed by atoms with E-state index in [1.54, 1.807) is 6.92 Å². The summed E-state index contributed by atoms with van der Waals surface area (Å²) in [6.45, 7) is 1.78. The van der Waals surface area contributed by atoms with Crippen LogP contribution in [0.5, 0.6) is 0 Å². The summed E-state index contributed by atoms with van der Waals surface area (Å²) in [4.78, 5) is 23.2. The molecule has 6 heteroatoms. The summed E-state index contributed by atoms with van der Waals surface area (Å²) in [5.74, 6) is 0.195. The number of rotatable bonds is 2. The monoisotopic (exact) mass is 212 g/mol. The van der Waals surface area contributed by atoms with Gasteiger partial charge in [0.2, 0.25) is 0 Å². The predicted octanol–water partition coefficient (Wildman–Crippen LogP) is -1.44. The molecule has 84 valence electrons. The Morgan fingerprint density at radius 1 is 1.27 bits per heavy atom. The van der Waals surface area contributed by atoms with E-state index < -0.39 is 5.69 Å². The standard InChI is InChI=1S/C9H16N4O2/c1-5(10)4-6-7(11)12(2)9(15)13(3)8(6)14/h5H,4,10-11H2,1-3H3. The van der Waals surface area contributed by atoms with Crippen molar-refractivity contribution in [1.29, 1.82) is 0 Å². The van der Waals surface area contributed by atoms with Crippen LogP contribution in [0.4, 0.5) is 5.82 Å². The number of hydrogen-bond donors (Lipinski definition) is 2. The zero-order chi connectivity index (χ0) is 11.7. The molecular weight excluding hydrogens is 196 g/mol. The minimum Gasteiger partial charge on any atom is -0.385 e. The van der Waals surface area contributed by atoms with Crippen molar-refractivity contribution < 1.29 is 0 Å². The van der Waals surface area contributed by atoms with Crippen LogP contribution in [-0.4, -0.2) is 15.2 Å². The van der Waals surface area contributed by atoms with Crippen LogP contribution in [0.2, 0.25) is 0 Å². The Balaban J connectivity index is 3.53. The Labute approximate surface area is 87.1 Å². The van der Waals surface area contributed by atoms with Crippen LogP contribution in [0.15, 0.2) is 9.59 Å². The highest BCUT2D eigenvalue weighted by Gasteiger charge is 2.13. The zero-order valence-corrected chi connectivity index (χ0v) is 9.15. The molecule has 0 aliphatic rings. The Morgan fingerprint density at radius 3 is 2.27 bits per heavy atom. The number of nitrogen functional groups attached to an aromatic ring is 1. The highest BCUT2D eigenvalue weighted by atomic mass is 16.2. The van der Waals surface area contributed by atoms with Crippen molar-refractivity contribution in [2.24, 2.45) is 19.8 Å². The van der Waals surface area contributed by atoms with Gasteiger partial charge >= 0.3 is 5.69 Å². The normalized spacial score (nSPS) is 12.8. The maximum atomic E-state index is 11.7.